The lowest BCUT2D eigenvalue weighted by Gasteiger charge is -2.28. The first-order valence-electron chi connectivity index (χ1n) is 8.98. The highest BCUT2D eigenvalue weighted by molar-refractivity contribution is 14.1. The lowest BCUT2D eigenvalue weighted by Crippen LogP contribution is -2.38. The van der Waals surface area contributed by atoms with E-state index in [0.717, 1.165) is 33.9 Å². The van der Waals surface area contributed by atoms with Crippen molar-refractivity contribution >= 4 is 40.2 Å². The first-order chi connectivity index (χ1) is 13.8. The monoisotopic (exact) mass is 483 g/mol. The van der Waals surface area contributed by atoms with Crippen molar-refractivity contribution in [3.63, 3.8) is 0 Å². The Balaban J connectivity index is 1.85. The van der Waals surface area contributed by atoms with Crippen molar-refractivity contribution in [1.82, 2.24) is 14.8 Å². The van der Waals surface area contributed by atoms with Gasteiger partial charge in [-0.2, -0.15) is 5.26 Å². The Morgan fingerprint density at radius 1 is 1.04 bits per heavy atom. The van der Waals surface area contributed by atoms with Gasteiger partial charge in [0.1, 0.15) is 6.07 Å². The van der Waals surface area contributed by atoms with Gasteiger partial charge in [0, 0.05) is 16.7 Å². The predicted molar refractivity (Wildman–Crippen MR) is 117 cm³/mol. The number of hydrogen-bond acceptors (Lipinski definition) is 5. The summed E-state index contributed by atoms with van der Waals surface area (Å²) < 4.78 is 8.50. The summed E-state index contributed by atoms with van der Waals surface area (Å²) in [7, 11) is 0. The van der Waals surface area contributed by atoms with Crippen molar-refractivity contribution in [2.45, 2.75) is 0 Å². The van der Waals surface area contributed by atoms with Gasteiger partial charge in [0.15, 0.2) is 5.82 Å². The molecule has 2 heterocycles. The Bertz CT molecular complexity index is 1030. The second-order valence-corrected chi connectivity index (χ2v) is 7.45. The van der Waals surface area contributed by atoms with E-state index in [2.05, 4.69) is 43.8 Å². The molecule has 0 spiro atoms. The number of hydrogen-bond donors (Lipinski definition) is 0. The molecular formula is C21H18IN5O. The van der Waals surface area contributed by atoms with Crippen molar-refractivity contribution < 1.29 is 4.74 Å². The van der Waals surface area contributed by atoms with Gasteiger partial charge in [0.25, 0.3) is 0 Å². The fourth-order valence-corrected chi connectivity index (χ4v) is 3.67. The highest BCUT2D eigenvalue weighted by Crippen LogP contribution is 2.27. The summed E-state index contributed by atoms with van der Waals surface area (Å²) >= 11 is 2.27. The molecule has 3 aromatic rings. The molecule has 1 aromatic heterocycles. The second-order valence-electron chi connectivity index (χ2n) is 6.29. The Morgan fingerprint density at radius 2 is 1.75 bits per heavy atom. The SMILES string of the molecule is N#CC(=Cc1ccccc1I)c1nnc(N2CCOCC2)n1-c1ccccc1. The third kappa shape index (κ3) is 3.79. The highest BCUT2D eigenvalue weighted by atomic mass is 127. The Morgan fingerprint density at radius 3 is 2.46 bits per heavy atom. The van der Waals surface area contributed by atoms with Crippen LogP contribution in [-0.2, 0) is 4.74 Å². The number of anilines is 1. The molecular weight excluding hydrogens is 465 g/mol. The number of nitrogens with zero attached hydrogens (tertiary/aromatic N) is 5. The van der Waals surface area contributed by atoms with Crippen LogP contribution in [0.1, 0.15) is 11.4 Å². The zero-order valence-electron chi connectivity index (χ0n) is 15.1. The molecule has 0 aliphatic carbocycles. The van der Waals surface area contributed by atoms with Crippen LogP contribution in [0.25, 0.3) is 17.3 Å². The molecule has 0 saturated carbocycles. The number of rotatable bonds is 4. The van der Waals surface area contributed by atoms with Crippen LogP contribution >= 0.6 is 22.6 Å². The normalized spacial score (nSPS) is 14.7. The summed E-state index contributed by atoms with van der Waals surface area (Å²) in [6.07, 6.45) is 1.87. The standard InChI is InChI=1S/C21H18IN5O/c22-19-9-5-4-6-16(19)14-17(15-23)20-24-25-21(26-10-12-28-13-11-26)27(20)18-7-2-1-3-8-18/h1-9,14H,10-13H2. The van der Waals surface area contributed by atoms with E-state index in [1.54, 1.807) is 0 Å². The lowest BCUT2D eigenvalue weighted by molar-refractivity contribution is 0.122. The lowest BCUT2D eigenvalue weighted by atomic mass is 10.1. The number of morpholine rings is 1. The van der Waals surface area contributed by atoms with Crippen LogP contribution in [0.2, 0.25) is 0 Å². The van der Waals surface area contributed by atoms with E-state index in [-0.39, 0.29) is 0 Å². The van der Waals surface area contributed by atoms with E-state index < -0.39 is 0 Å². The maximum absolute atomic E-state index is 9.89. The van der Waals surface area contributed by atoms with Gasteiger partial charge in [-0.1, -0.05) is 36.4 Å². The number of para-hydroxylation sites is 1. The van der Waals surface area contributed by atoms with Crippen LogP contribution in [0.5, 0.6) is 0 Å². The molecule has 1 saturated heterocycles. The topological polar surface area (TPSA) is 67.0 Å². The van der Waals surface area contributed by atoms with Crippen molar-refractivity contribution in [3.05, 3.63) is 69.6 Å². The largest absolute Gasteiger partial charge is 0.378 e. The predicted octanol–water partition coefficient (Wildman–Crippen LogP) is 3.77. The number of benzene rings is 2. The van der Waals surface area contributed by atoms with Gasteiger partial charge in [-0.05, 0) is 52.4 Å². The molecule has 0 atom stereocenters. The molecule has 0 unspecified atom stereocenters. The maximum atomic E-state index is 9.89. The van der Waals surface area contributed by atoms with E-state index in [4.69, 9.17) is 4.74 Å². The molecule has 4 rings (SSSR count). The minimum atomic E-state index is 0.472. The van der Waals surface area contributed by atoms with Crippen molar-refractivity contribution in [3.8, 4) is 11.8 Å². The number of halogens is 1. The van der Waals surface area contributed by atoms with E-state index in [1.165, 1.54) is 0 Å². The summed E-state index contributed by atoms with van der Waals surface area (Å²) in [5.74, 6) is 1.27. The minimum Gasteiger partial charge on any atom is -0.378 e. The van der Waals surface area contributed by atoms with Crippen molar-refractivity contribution in [2.75, 3.05) is 31.2 Å². The maximum Gasteiger partial charge on any atom is 0.232 e. The van der Waals surface area contributed by atoms with E-state index >= 15 is 0 Å². The molecule has 7 heteroatoms. The average Bonchev–Trinajstić information content (AvgIpc) is 3.19. The minimum absolute atomic E-state index is 0.472. The summed E-state index contributed by atoms with van der Waals surface area (Å²) in [6, 6.07) is 20.2. The number of allylic oxidation sites excluding steroid dienone is 1. The van der Waals surface area contributed by atoms with Gasteiger partial charge in [-0.3, -0.25) is 4.57 Å². The van der Waals surface area contributed by atoms with E-state index in [0.29, 0.717) is 24.6 Å². The van der Waals surface area contributed by atoms with Crippen LogP contribution in [0.4, 0.5) is 5.95 Å². The second kappa shape index (κ2) is 8.54. The van der Waals surface area contributed by atoms with Crippen LogP contribution in [0.3, 0.4) is 0 Å². The summed E-state index contributed by atoms with van der Waals surface area (Å²) in [6.45, 7) is 2.79. The molecule has 0 radical (unpaired) electrons. The van der Waals surface area contributed by atoms with Gasteiger partial charge in [0.05, 0.1) is 24.5 Å². The quantitative estimate of drug-likeness (QED) is 0.418. The number of nitriles is 1. The van der Waals surface area contributed by atoms with Gasteiger partial charge in [-0.15, -0.1) is 10.2 Å². The molecule has 0 N–H and O–H groups in total. The van der Waals surface area contributed by atoms with Crippen molar-refractivity contribution in [1.29, 1.82) is 5.26 Å². The summed E-state index contributed by atoms with van der Waals surface area (Å²) in [5.41, 5.74) is 2.38. The molecule has 140 valence electrons. The third-order valence-electron chi connectivity index (χ3n) is 4.52. The summed E-state index contributed by atoms with van der Waals surface area (Å²) in [5, 5.41) is 18.7. The summed E-state index contributed by atoms with van der Waals surface area (Å²) in [4.78, 5) is 2.15. The first-order valence-corrected chi connectivity index (χ1v) is 10.1. The number of aromatic nitrogens is 3. The molecule has 0 amide bonds. The molecule has 0 bridgehead atoms. The molecule has 2 aromatic carbocycles. The Labute approximate surface area is 177 Å². The smallest absolute Gasteiger partial charge is 0.232 e. The Hall–Kier alpha value is -2.70. The third-order valence-corrected chi connectivity index (χ3v) is 5.50. The zero-order chi connectivity index (χ0) is 19.3. The molecule has 1 fully saturated rings. The van der Waals surface area contributed by atoms with Gasteiger partial charge in [-0.25, -0.2) is 0 Å². The van der Waals surface area contributed by atoms with Gasteiger partial charge < -0.3 is 9.64 Å². The molecule has 1 aliphatic rings. The van der Waals surface area contributed by atoms with Crippen molar-refractivity contribution in [2.24, 2.45) is 0 Å². The Kier molecular flexibility index (Phi) is 5.69. The van der Waals surface area contributed by atoms with Gasteiger partial charge in [0.2, 0.25) is 5.95 Å². The fourth-order valence-electron chi connectivity index (χ4n) is 3.13. The van der Waals surface area contributed by atoms with Crippen LogP contribution in [-0.4, -0.2) is 41.1 Å². The van der Waals surface area contributed by atoms with Gasteiger partial charge >= 0.3 is 0 Å². The highest BCUT2D eigenvalue weighted by Gasteiger charge is 2.23. The molecule has 1 aliphatic heterocycles. The first kappa shape index (κ1) is 18.7. The van der Waals surface area contributed by atoms with E-state index in [1.807, 2.05) is 65.2 Å². The number of ether oxygens (including phenoxy) is 1. The average molecular weight is 483 g/mol. The zero-order valence-corrected chi connectivity index (χ0v) is 17.3. The van der Waals surface area contributed by atoms with Crippen LogP contribution < -0.4 is 4.90 Å². The fraction of sp³-hybridized carbons (Fsp3) is 0.190. The molecule has 28 heavy (non-hydrogen) atoms. The van der Waals surface area contributed by atoms with Crippen LogP contribution in [0.15, 0.2) is 54.6 Å². The van der Waals surface area contributed by atoms with E-state index in [9.17, 15) is 5.26 Å². The molecule has 6 nitrogen and oxygen atoms in total. The van der Waals surface area contributed by atoms with Crippen LogP contribution in [0, 0.1) is 14.9 Å².